The van der Waals surface area contributed by atoms with Gasteiger partial charge in [-0.25, -0.2) is 0 Å². The molecule has 0 N–H and O–H groups in total. The van der Waals surface area contributed by atoms with Crippen LogP contribution < -0.4 is 0 Å². The van der Waals surface area contributed by atoms with E-state index in [-0.39, 0.29) is 5.92 Å². The molecule has 98 valence electrons. The van der Waals surface area contributed by atoms with Crippen LogP contribution in [0, 0.1) is 11.8 Å². The van der Waals surface area contributed by atoms with E-state index in [1.54, 1.807) is 0 Å². The van der Waals surface area contributed by atoms with E-state index >= 15 is 0 Å². The Balaban J connectivity index is 1.97. The number of carbonyl (C=O) groups is 1. The van der Waals surface area contributed by atoms with Gasteiger partial charge in [-0.3, -0.25) is 4.90 Å². The highest BCUT2D eigenvalue weighted by Gasteiger charge is 2.22. The van der Waals surface area contributed by atoms with Crippen molar-refractivity contribution in [1.82, 2.24) is 4.90 Å². The van der Waals surface area contributed by atoms with Gasteiger partial charge in [0.1, 0.15) is 6.29 Å². The summed E-state index contributed by atoms with van der Waals surface area (Å²) >= 11 is 0. The van der Waals surface area contributed by atoms with Crippen molar-refractivity contribution in [3.63, 3.8) is 0 Å². The minimum Gasteiger partial charge on any atom is -0.303 e. The number of likely N-dealkylation sites (tertiary alicyclic amines) is 1. The number of nitrogens with zero attached hydrogens (tertiary/aromatic N) is 1. The molecular formula is C16H23NO. The van der Waals surface area contributed by atoms with Crippen LogP contribution in [0.2, 0.25) is 0 Å². The fraction of sp³-hybridized carbons (Fsp3) is 0.562. The molecule has 0 aromatic heterocycles. The highest BCUT2D eigenvalue weighted by Crippen LogP contribution is 2.23. The van der Waals surface area contributed by atoms with Gasteiger partial charge in [-0.05, 0) is 30.9 Å². The van der Waals surface area contributed by atoms with Crippen LogP contribution in [0.4, 0.5) is 0 Å². The van der Waals surface area contributed by atoms with Crippen molar-refractivity contribution in [2.75, 3.05) is 13.1 Å². The van der Waals surface area contributed by atoms with Crippen LogP contribution in [-0.4, -0.2) is 24.3 Å². The first-order valence-corrected chi connectivity index (χ1v) is 7.01. The first kappa shape index (κ1) is 13.3. The van der Waals surface area contributed by atoms with Crippen LogP contribution in [0.3, 0.4) is 0 Å². The third-order valence-electron chi connectivity index (χ3n) is 4.00. The molecule has 2 unspecified atom stereocenters. The maximum Gasteiger partial charge on any atom is 0.123 e. The van der Waals surface area contributed by atoms with E-state index in [0.717, 1.165) is 25.9 Å². The highest BCUT2D eigenvalue weighted by molar-refractivity contribution is 5.53. The van der Waals surface area contributed by atoms with E-state index in [0.29, 0.717) is 5.92 Å². The molecule has 2 atom stereocenters. The van der Waals surface area contributed by atoms with Crippen LogP contribution >= 0.6 is 0 Å². The molecule has 0 saturated carbocycles. The lowest BCUT2D eigenvalue weighted by atomic mass is 9.91. The predicted octanol–water partition coefficient (Wildman–Crippen LogP) is 3.12. The summed E-state index contributed by atoms with van der Waals surface area (Å²) in [6.07, 6.45) is 4.84. The maximum absolute atomic E-state index is 11.0. The van der Waals surface area contributed by atoms with Crippen LogP contribution in [0.15, 0.2) is 30.3 Å². The minimum atomic E-state index is 0.196. The smallest absolute Gasteiger partial charge is 0.123 e. The van der Waals surface area contributed by atoms with E-state index < -0.39 is 0 Å². The second-order valence-corrected chi connectivity index (χ2v) is 5.47. The van der Waals surface area contributed by atoms with E-state index in [4.69, 9.17) is 0 Å². The van der Waals surface area contributed by atoms with Gasteiger partial charge < -0.3 is 4.79 Å². The van der Waals surface area contributed by atoms with Crippen LogP contribution in [0.5, 0.6) is 0 Å². The zero-order chi connectivity index (χ0) is 12.8. The summed E-state index contributed by atoms with van der Waals surface area (Å²) in [6, 6.07) is 10.6. The number of rotatable bonds is 4. The number of hydrogen-bond donors (Lipinski definition) is 0. The molecule has 1 aromatic carbocycles. The van der Waals surface area contributed by atoms with Crippen molar-refractivity contribution in [2.45, 2.75) is 32.7 Å². The first-order valence-electron chi connectivity index (χ1n) is 7.01. The Bertz CT molecular complexity index is 363. The van der Waals surface area contributed by atoms with Crippen molar-refractivity contribution in [3.05, 3.63) is 35.9 Å². The van der Waals surface area contributed by atoms with Gasteiger partial charge in [-0.2, -0.15) is 0 Å². The first-order chi connectivity index (χ1) is 8.79. The Morgan fingerprint density at radius 3 is 2.83 bits per heavy atom. The lowest BCUT2D eigenvalue weighted by molar-refractivity contribution is -0.112. The summed E-state index contributed by atoms with van der Waals surface area (Å²) in [5.41, 5.74) is 1.37. The van der Waals surface area contributed by atoms with Gasteiger partial charge in [-0.1, -0.05) is 43.7 Å². The summed E-state index contributed by atoms with van der Waals surface area (Å²) in [5, 5.41) is 0. The average Bonchev–Trinajstić information content (AvgIpc) is 2.65. The largest absolute Gasteiger partial charge is 0.303 e. The Hall–Kier alpha value is -1.15. The standard InChI is InChI=1S/C16H23NO/c1-14(13-18)16-9-5-6-10-17(12-16)11-15-7-3-2-4-8-15/h2-4,7-8,13-14,16H,5-6,9-12H2,1H3. The van der Waals surface area contributed by atoms with Crippen LogP contribution in [-0.2, 0) is 11.3 Å². The summed E-state index contributed by atoms with van der Waals surface area (Å²) in [6.45, 7) is 5.30. The fourth-order valence-electron chi connectivity index (χ4n) is 2.78. The van der Waals surface area contributed by atoms with Crippen molar-refractivity contribution in [3.8, 4) is 0 Å². The fourth-order valence-corrected chi connectivity index (χ4v) is 2.78. The Morgan fingerprint density at radius 1 is 1.33 bits per heavy atom. The molecule has 1 aromatic rings. The van der Waals surface area contributed by atoms with Crippen molar-refractivity contribution >= 4 is 6.29 Å². The summed E-state index contributed by atoms with van der Waals surface area (Å²) in [4.78, 5) is 13.5. The molecule has 1 fully saturated rings. The molecule has 0 amide bonds. The van der Waals surface area contributed by atoms with Crippen molar-refractivity contribution in [1.29, 1.82) is 0 Å². The lowest BCUT2D eigenvalue weighted by Crippen LogP contribution is -2.31. The monoisotopic (exact) mass is 245 g/mol. The van der Waals surface area contributed by atoms with Gasteiger partial charge in [0.05, 0.1) is 0 Å². The summed E-state index contributed by atoms with van der Waals surface area (Å²) in [5.74, 6) is 0.732. The van der Waals surface area contributed by atoms with Gasteiger partial charge >= 0.3 is 0 Å². The number of hydrogen-bond acceptors (Lipinski definition) is 2. The molecule has 2 rings (SSSR count). The average molecular weight is 245 g/mol. The molecule has 0 spiro atoms. The number of carbonyl (C=O) groups excluding carboxylic acids is 1. The zero-order valence-electron chi connectivity index (χ0n) is 11.2. The number of benzene rings is 1. The van der Waals surface area contributed by atoms with Gasteiger partial charge in [-0.15, -0.1) is 0 Å². The van der Waals surface area contributed by atoms with E-state index in [1.807, 2.05) is 0 Å². The minimum absolute atomic E-state index is 0.196. The van der Waals surface area contributed by atoms with Crippen LogP contribution in [0.1, 0.15) is 31.7 Å². The Labute approximate surface area is 110 Å². The van der Waals surface area contributed by atoms with E-state index in [1.165, 1.54) is 24.8 Å². The van der Waals surface area contributed by atoms with Gasteiger partial charge in [0.15, 0.2) is 0 Å². The second kappa shape index (κ2) is 6.69. The third-order valence-corrected chi connectivity index (χ3v) is 4.00. The quantitative estimate of drug-likeness (QED) is 0.760. The molecular weight excluding hydrogens is 222 g/mol. The molecule has 1 heterocycles. The van der Waals surface area contributed by atoms with Gasteiger partial charge in [0.25, 0.3) is 0 Å². The predicted molar refractivity (Wildman–Crippen MR) is 74.3 cm³/mol. The molecule has 1 saturated heterocycles. The molecule has 18 heavy (non-hydrogen) atoms. The molecule has 2 nitrogen and oxygen atoms in total. The summed E-state index contributed by atoms with van der Waals surface area (Å²) in [7, 11) is 0. The molecule has 0 bridgehead atoms. The van der Waals surface area contributed by atoms with Gasteiger partial charge in [0, 0.05) is 19.0 Å². The number of aldehydes is 1. The zero-order valence-corrected chi connectivity index (χ0v) is 11.2. The molecule has 1 aliphatic rings. The SMILES string of the molecule is CC(C=O)C1CCCCN(Cc2ccccc2)C1. The molecule has 0 radical (unpaired) electrons. The van der Waals surface area contributed by atoms with Crippen LogP contribution in [0.25, 0.3) is 0 Å². The Kier molecular flexibility index (Phi) is 4.94. The second-order valence-electron chi connectivity index (χ2n) is 5.47. The highest BCUT2D eigenvalue weighted by atomic mass is 16.1. The normalized spacial score (nSPS) is 23.3. The van der Waals surface area contributed by atoms with Crippen molar-refractivity contribution < 1.29 is 4.79 Å². The van der Waals surface area contributed by atoms with Crippen molar-refractivity contribution in [2.24, 2.45) is 11.8 Å². The molecule has 0 aliphatic carbocycles. The summed E-state index contributed by atoms with van der Waals surface area (Å²) < 4.78 is 0. The lowest BCUT2D eigenvalue weighted by Gasteiger charge is -2.26. The topological polar surface area (TPSA) is 20.3 Å². The van der Waals surface area contributed by atoms with Gasteiger partial charge in [0.2, 0.25) is 0 Å². The van der Waals surface area contributed by atoms with E-state index in [2.05, 4.69) is 42.2 Å². The van der Waals surface area contributed by atoms with E-state index in [9.17, 15) is 4.79 Å². The molecule has 2 heteroatoms. The third kappa shape index (κ3) is 3.67. The molecule has 1 aliphatic heterocycles. The maximum atomic E-state index is 11.0. The Morgan fingerprint density at radius 2 is 2.11 bits per heavy atom.